The van der Waals surface area contributed by atoms with Crippen LogP contribution >= 0.6 is 22.6 Å². The van der Waals surface area contributed by atoms with E-state index in [1.165, 1.54) is 0 Å². The Morgan fingerprint density at radius 2 is 2.00 bits per heavy atom. The molecule has 3 nitrogen and oxygen atoms in total. The minimum atomic E-state index is -0.218. The highest BCUT2D eigenvalue weighted by molar-refractivity contribution is 14.1. The third-order valence-corrected chi connectivity index (χ3v) is 3.86. The summed E-state index contributed by atoms with van der Waals surface area (Å²) in [5.41, 5.74) is 1.66. The zero-order chi connectivity index (χ0) is 13.5. The predicted octanol–water partition coefficient (Wildman–Crippen LogP) is 3.10. The lowest BCUT2D eigenvalue weighted by Gasteiger charge is -2.17. The number of aryl methyl sites for hydroxylation is 1. The molecule has 1 aromatic carbocycles. The molecule has 100 valence electrons. The zero-order valence-electron chi connectivity index (χ0n) is 11.2. The maximum absolute atomic E-state index is 12.0. The van der Waals surface area contributed by atoms with Crippen LogP contribution < -0.4 is 0 Å². The zero-order valence-corrected chi connectivity index (χ0v) is 13.4. The molecule has 0 amide bonds. The molecule has 18 heavy (non-hydrogen) atoms. The van der Waals surface area contributed by atoms with Crippen molar-refractivity contribution in [1.82, 2.24) is 4.90 Å². The van der Waals surface area contributed by atoms with Crippen molar-refractivity contribution in [3.8, 4) is 0 Å². The van der Waals surface area contributed by atoms with E-state index in [2.05, 4.69) is 41.3 Å². The average Bonchev–Trinajstić information content (AvgIpc) is 2.34. The van der Waals surface area contributed by atoms with Crippen molar-refractivity contribution in [2.75, 3.05) is 26.2 Å². The fraction of sp³-hybridized carbons (Fsp3) is 0.500. The first-order valence-electron chi connectivity index (χ1n) is 6.24. The summed E-state index contributed by atoms with van der Waals surface area (Å²) in [7, 11) is 0. The van der Waals surface area contributed by atoms with Crippen molar-refractivity contribution in [3.63, 3.8) is 0 Å². The number of likely N-dealkylation sites (N-methyl/N-ethyl adjacent to an activating group) is 1. The molecule has 4 heteroatoms. The summed E-state index contributed by atoms with van der Waals surface area (Å²) < 4.78 is 6.28. The SMILES string of the molecule is CCN(CC)CCOC(=O)c1c(C)cccc1I. The van der Waals surface area contributed by atoms with E-state index in [0.29, 0.717) is 12.2 Å². The fourth-order valence-corrected chi connectivity index (χ4v) is 2.62. The second kappa shape index (κ2) is 7.74. The summed E-state index contributed by atoms with van der Waals surface area (Å²) in [5, 5.41) is 0. The monoisotopic (exact) mass is 361 g/mol. The summed E-state index contributed by atoms with van der Waals surface area (Å²) >= 11 is 2.17. The number of hydrogen-bond donors (Lipinski definition) is 0. The molecule has 0 aliphatic carbocycles. The Kier molecular flexibility index (Phi) is 6.63. The number of carbonyl (C=O) groups excluding carboxylic acids is 1. The van der Waals surface area contributed by atoms with Crippen molar-refractivity contribution in [3.05, 3.63) is 32.9 Å². The third kappa shape index (κ3) is 4.24. The van der Waals surface area contributed by atoms with Gasteiger partial charge in [0.2, 0.25) is 0 Å². The van der Waals surface area contributed by atoms with Gasteiger partial charge in [-0.1, -0.05) is 26.0 Å². The number of ether oxygens (including phenoxy) is 1. The van der Waals surface area contributed by atoms with Crippen LogP contribution in [0.2, 0.25) is 0 Å². The Morgan fingerprint density at radius 3 is 2.56 bits per heavy atom. The van der Waals surface area contributed by atoms with Gasteiger partial charge in [-0.3, -0.25) is 0 Å². The Labute approximate surface area is 123 Å². The molecule has 0 radical (unpaired) electrons. The van der Waals surface area contributed by atoms with E-state index in [9.17, 15) is 4.79 Å². The molecule has 1 aromatic rings. The highest BCUT2D eigenvalue weighted by Crippen LogP contribution is 2.17. The van der Waals surface area contributed by atoms with Gasteiger partial charge < -0.3 is 9.64 Å². The van der Waals surface area contributed by atoms with Crippen LogP contribution in [-0.2, 0) is 4.74 Å². The topological polar surface area (TPSA) is 29.5 Å². The number of esters is 1. The molecule has 0 unspecified atom stereocenters. The van der Waals surface area contributed by atoms with Gasteiger partial charge in [-0.15, -0.1) is 0 Å². The molecule has 0 saturated carbocycles. The molecular weight excluding hydrogens is 341 g/mol. The third-order valence-electron chi connectivity index (χ3n) is 2.96. The van der Waals surface area contributed by atoms with Crippen LogP contribution in [0.25, 0.3) is 0 Å². The molecular formula is C14H20INO2. The normalized spacial score (nSPS) is 10.7. The molecule has 0 N–H and O–H groups in total. The van der Waals surface area contributed by atoms with Crippen molar-refractivity contribution in [1.29, 1.82) is 0 Å². The predicted molar refractivity (Wildman–Crippen MR) is 82.0 cm³/mol. The van der Waals surface area contributed by atoms with Crippen LogP contribution in [-0.4, -0.2) is 37.1 Å². The van der Waals surface area contributed by atoms with Crippen LogP contribution in [0.15, 0.2) is 18.2 Å². The number of rotatable bonds is 6. The van der Waals surface area contributed by atoms with Crippen LogP contribution in [0.1, 0.15) is 29.8 Å². The largest absolute Gasteiger partial charge is 0.461 e. The van der Waals surface area contributed by atoms with Gasteiger partial charge in [0.1, 0.15) is 6.61 Å². The molecule has 0 aliphatic heterocycles. The summed E-state index contributed by atoms with van der Waals surface area (Å²) in [6.07, 6.45) is 0. The molecule has 0 spiro atoms. The van der Waals surface area contributed by atoms with Crippen molar-refractivity contribution < 1.29 is 9.53 Å². The van der Waals surface area contributed by atoms with E-state index in [1.54, 1.807) is 0 Å². The van der Waals surface area contributed by atoms with Gasteiger partial charge >= 0.3 is 5.97 Å². The first-order chi connectivity index (χ1) is 8.60. The van der Waals surface area contributed by atoms with E-state index in [4.69, 9.17) is 4.74 Å². The van der Waals surface area contributed by atoms with E-state index < -0.39 is 0 Å². The summed E-state index contributed by atoms with van der Waals surface area (Å²) in [5.74, 6) is -0.218. The van der Waals surface area contributed by atoms with E-state index >= 15 is 0 Å². The first-order valence-corrected chi connectivity index (χ1v) is 7.32. The van der Waals surface area contributed by atoms with Crippen molar-refractivity contribution in [2.45, 2.75) is 20.8 Å². The van der Waals surface area contributed by atoms with Crippen LogP contribution in [0, 0.1) is 10.5 Å². The van der Waals surface area contributed by atoms with Crippen LogP contribution in [0.4, 0.5) is 0 Å². The maximum Gasteiger partial charge on any atom is 0.339 e. The van der Waals surface area contributed by atoms with E-state index in [0.717, 1.165) is 28.8 Å². The number of halogens is 1. The Morgan fingerprint density at radius 1 is 1.33 bits per heavy atom. The Bertz CT molecular complexity index is 383. The van der Waals surface area contributed by atoms with Gasteiger partial charge in [-0.2, -0.15) is 0 Å². The van der Waals surface area contributed by atoms with E-state index in [-0.39, 0.29) is 5.97 Å². The van der Waals surface area contributed by atoms with Gasteiger partial charge in [0.25, 0.3) is 0 Å². The summed E-state index contributed by atoms with van der Waals surface area (Å²) in [6, 6.07) is 5.81. The lowest BCUT2D eigenvalue weighted by atomic mass is 10.1. The fourth-order valence-electron chi connectivity index (χ4n) is 1.77. The van der Waals surface area contributed by atoms with Gasteiger partial charge in [0.15, 0.2) is 0 Å². The molecule has 0 aromatic heterocycles. The van der Waals surface area contributed by atoms with Gasteiger partial charge in [-0.25, -0.2) is 4.79 Å². The number of nitrogens with zero attached hydrogens (tertiary/aromatic N) is 1. The standard InChI is InChI=1S/C14H20INO2/c1-4-16(5-2)9-10-18-14(17)13-11(3)7-6-8-12(13)15/h6-8H,4-5,9-10H2,1-3H3. The lowest BCUT2D eigenvalue weighted by molar-refractivity contribution is 0.0464. The second-order valence-corrected chi connectivity index (χ2v) is 5.26. The number of carbonyl (C=O) groups is 1. The minimum absolute atomic E-state index is 0.218. The Hall–Kier alpha value is -0.620. The van der Waals surface area contributed by atoms with Gasteiger partial charge in [0.05, 0.1) is 5.56 Å². The first kappa shape index (κ1) is 15.4. The van der Waals surface area contributed by atoms with Gasteiger partial charge in [0, 0.05) is 10.1 Å². The summed E-state index contributed by atoms with van der Waals surface area (Å²) in [4.78, 5) is 14.2. The highest BCUT2D eigenvalue weighted by atomic mass is 127. The quantitative estimate of drug-likeness (QED) is 0.576. The van der Waals surface area contributed by atoms with Gasteiger partial charge in [-0.05, 0) is 54.2 Å². The lowest BCUT2D eigenvalue weighted by Crippen LogP contribution is -2.28. The summed E-state index contributed by atoms with van der Waals surface area (Å²) in [6.45, 7) is 9.35. The second-order valence-electron chi connectivity index (χ2n) is 4.09. The van der Waals surface area contributed by atoms with Crippen molar-refractivity contribution >= 4 is 28.6 Å². The number of benzene rings is 1. The molecule has 0 atom stereocenters. The Balaban J connectivity index is 2.56. The highest BCUT2D eigenvalue weighted by Gasteiger charge is 2.14. The van der Waals surface area contributed by atoms with Crippen LogP contribution in [0.3, 0.4) is 0 Å². The number of hydrogen-bond acceptors (Lipinski definition) is 3. The average molecular weight is 361 g/mol. The van der Waals surface area contributed by atoms with Crippen molar-refractivity contribution in [2.24, 2.45) is 0 Å². The smallest absolute Gasteiger partial charge is 0.339 e. The molecule has 0 saturated heterocycles. The molecule has 1 rings (SSSR count). The van der Waals surface area contributed by atoms with E-state index in [1.807, 2.05) is 25.1 Å². The molecule has 0 bridgehead atoms. The molecule has 0 fully saturated rings. The van der Waals surface area contributed by atoms with Crippen LogP contribution in [0.5, 0.6) is 0 Å². The molecule has 0 heterocycles. The minimum Gasteiger partial charge on any atom is -0.461 e. The molecule has 0 aliphatic rings. The maximum atomic E-state index is 12.0.